The molecule has 2 aromatic rings. The van der Waals surface area contributed by atoms with Crippen LogP contribution >= 0.6 is 0 Å². The number of fused-ring (bicyclic) bond motifs is 1. The van der Waals surface area contributed by atoms with Crippen molar-refractivity contribution in [2.75, 3.05) is 25.1 Å². The Morgan fingerprint density at radius 1 is 1.10 bits per heavy atom. The fourth-order valence-electron chi connectivity index (χ4n) is 3.52. The summed E-state index contributed by atoms with van der Waals surface area (Å²) in [5.74, 6) is -0.911. The molecule has 30 heavy (non-hydrogen) atoms. The number of azo groups is 2. The largest absolute Gasteiger partial charge is 0.502 e. The summed E-state index contributed by atoms with van der Waals surface area (Å²) >= 11 is 0. The number of hydrogen-bond acceptors (Lipinski definition) is 5. The number of amides is 2. The van der Waals surface area contributed by atoms with Crippen molar-refractivity contribution < 1.29 is 32.2 Å². The first-order chi connectivity index (χ1) is 14.3. The molecule has 2 amide bonds. The lowest BCUT2D eigenvalue weighted by Gasteiger charge is -2.27. The molecule has 4 rings (SSSR count). The third kappa shape index (κ3) is 3.60. The van der Waals surface area contributed by atoms with Crippen LogP contribution in [0.15, 0.2) is 53.6 Å². The van der Waals surface area contributed by atoms with E-state index in [1.165, 1.54) is 17.0 Å². The lowest BCUT2D eigenvalue weighted by molar-refractivity contribution is -0.534. The predicted molar refractivity (Wildman–Crippen MR) is 98.7 cm³/mol. The van der Waals surface area contributed by atoms with Crippen LogP contribution in [0.25, 0.3) is 0 Å². The summed E-state index contributed by atoms with van der Waals surface area (Å²) in [5.41, 5.74) is 0.198. The Labute approximate surface area is 170 Å². The average Bonchev–Trinajstić information content (AvgIpc) is 3.15. The van der Waals surface area contributed by atoms with Crippen LogP contribution in [0.1, 0.15) is 11.1 Å². The summed E-state index contributed by atoms with van der Waals surface area (Å²) in [7, 11) is 1.55. The minimum Gasteiger partial charge on any atom is -0.497 e. The molecular formula is C20H18F3N4O3+. The third-order valence-electron chi connectivity index (χ3n) is 5.05. The smallest absolute Gasteiger partial charge is 0.497 e. The number of methoxy groups -OCH3 is 1. The first kappa shape index (κ1) is 19.9. The second kappa shape index (κ2) is 7.43. The number of benzene rings is 2. The van der Waals surface area contributed by atoms with Gasteiger partial charge < -0.3 is 9.64 Å². The molecule has 0 N–H and O–H groups in total. The van der Waals surface area contributed by atoms with Gasteiger partial charge in [-0.2, -0.15) is 13.2 Å². The van der Waals surface area contributed by atoms with E-state index in [0.717, 1.165) is 22.5 Å². The highest BCUT2D eigenvalue weighted by Gasteiger charge is 2.49. The summed E-state index contributed by atoms with van der Waals surface area (Å²) < 4.78 is 45.0. The molecule has 1 unspecified atom stereocenters. The predicted octanol–water partition coefficient (Wildman–Crippen LogP) is 2.85. The Bertz CT molecular complexity index is 1020. The quantitative estimate of drug-likeness (QED) is 0.565. The number of nitrogens with zero attached hydrogens (tertiary/aromatic N) is 4. The minimum atomic E-state index is -4.50. The van der Waals surface area contributed by atoms with Crippen LogP contribution in [0.5, 0.6) is 5.75 Å². The molecule has 156 valence electrons. The Morgan fingerprint density at radius 2 is 1.80 bits per heavy atom. The number of hydrogen-bond donors (Lipinski definition) is 0. The highest BCUT2D eigenvalue weighted by Crippen LogP contribution is 2.31. The summed E-state index contributed by atoms with van der Waals surface area (Å²) in [6.07, 6.45) is -5.24. The number of ether oxygens (including phenoxy) is 1. The Balaban J connectivity index is 1.63. The molecule has 2 aliphatic heterocycles. The van der Waals surface area contributed by atoms with Crippen LogP contribution in [0.3, 0.4) is 0 Å². The van der Waals surface area contributed by atoms with Crippen molar-refractivity contribution in [3.05, 3.63) is 59.7 Å². The molecule has 1 saturated heterocycles. The van der Waals surface area contributed by atoms with E-state index in [9.17, 15) is 22.8 Å². The van der Waals surface area contributed by atoms with Crippen LogP contribution in [0.2, 0.25) is 0 Å². The van der Waals surface area contributed by atoms with Crippen molar-refractivity contribution in [1.29, 1.82) is 0 Å². The Morgan fingerprint density at radius 3 is 2.47 bits per heavy atom. The summed E-state index contributed by atoms with van der Waals surface area (Å²) in [6.45, 7) is 0.564. The summed E-state index contributed by atoms with van der Waals surface area (Å²) in [6, 6.07) is 11.8. The second-order valence-electron chi connectivity index (χ2n) is 6.91. The van der Waals surface area contributed by atoms with Gasteiger partial charge in [0, 0.05) is 29.5 Å². The number of rotatable bonds is 4. The molecule has 10 heteroatoms. The van der Waals surface area contributed by atoms with Gasteiger partial charge in [0.05, 0.1) is 12.7 Å². The zero-order chi connectivity index (χ0) is 21.5. The molecule has 0 spiro atoms. The molecule has 7 nitrogen and oxygen atoms in total. The van der Waals surface area contributed by atoms with E-state index in [1.807, 2.05) is 17.0 Å². The molecule has 1 atom stereocenters. The van der Waals surface area contributed by atoms with Gasteiger partial charge in [0.15, 0.2) is 0 Å². The second-order valence-corrected chi connectivity index (χ2v) is 6.91. The van der Waals surface area contributed by atoms with Crippen LogP contribution in [0, 0.1) is 0 Å². The maximum atomic E-state index is 13.0. The van der Waals surface area contributed by atoms with Crippen molar-refractivity contribution in [2.45, 2.75) is 19.0 Å². The van der Waals surface area contributed by atoms with E-state index >= 15 is 0 Å². The normalized spacial score (nSPS) is 19.1. The van der Waals surface area contributed by atoms with Gasteiger partial charge in [-0.1, -0.05) is 12.1 Å². The van der Waals surface area contributed by atoms with Crippen molar-refractivity contribution >= 4 is 17.5 Å². The van der Waals surface area contributed by atoms with Gasteiger partial charge in [0.25, 0.3) is 6.29 Å². The fraction of sp³-hybridized carbons (Fsp3) is 0.300. The van der Waals surface area contributed by atoms with Crippen LogP contribution in [-0.2, 0) is 22.3 Å². The molecule has 2 aliphatic rings. The van der Waals surface area contributed by atoms with Crippen LogP contribution in [0.4, 0.5) is 18.9 Å². The maximum Gasteiger partial charge on any atom is 0.502 e. The molecule has 2 heterocycles. The summed E-state index contributed by atoms with van der Waals surface area (Å²) in [4.78, 5) is 28.2. The third-order valence-corrected chi connectivity index (χ3v) is 5.05. The van der Waals surface area contributed by atoms with E-state index in [2.05, 4.69) is 5.11 Å². The van der Waals surface area contributed by atoms with E-state index in [0.29, 0.717) is 18.8 Å². The van der Waals surface area contributed by atoms with Gasteiger partial charge in [-0.3, -0.25) is 9.69 Å². The zero-order valence-corrected chi connectivity index (χ0v) is 16.0. The van der Waals surface area contributed by atoms with Crippen molar-refractivity contribution in [3.8, 4) is 5.75 Å². The highest BCUT2D eigenvalue weighted by molar-refractivity contribution is 6.31. The van der Waals surface area contributed by atoms with Gasteiger partial charge in [0.2, 0.25) is 6.54 Å². The summed E-state index contributed by atoms with van der Waals surface area (Å²) in [5, 5.41) is 4.37. The van der Waals surface area contributed by atoms with Crippen molar-refractivity contribution in [3.63, 3.8) is 0 Å². The molecule has 0 saturated carbocycles. The number of carbonyl (C=O) groups excluding carboxylic acids is 2. The van der Waals surface area contributed by atoms with Crippen LogP contribution < -0.4 is 9.64 Å². The van der Waals surface area contributed by atoms with Gasteiger partial charge >= 0.3 is 18.0 Å². The lowest BCUT2D eigenvalue weighted by Crippen LogP contribution is -2.51. The van der Waals surface area contributed by atoms with Gasteiger partial charge in [-0.15, -0.1) is 0 Å². The van der Waals surface area contributed by atoms with Gasteiger partial charge in [-0.05, 0) is 41.1 Å². The first-order valence-electron chi connectivity index (χ1n) is 9.18. The number of carbonyl (C=O) groups is 2. The maximum absolute atomic E-state index is 13.0. The zero-order valence-electron chi connectivity index (χ0n) is 16.0. The van der Waals surface area contributed by atoms with Crippen LogP contribution in [-0.4, -0.2) is 47.9 Å². The molecular weight excluding hydrogens is 401 g/mol. The lowest BCUT2D eigenvalue weighted by atomic mass is 10.1. The molecule has 0 bridgehead atoms. The highest BCUT2D eigenvalue weighted by atomic mass is 19.4. The van der Waals surface area contributed by atoms with E-state index in [1.54, 1.807) is 19.2 Å². The molecule has 0 aliphatic carbocycles. The monoisotopic (exact) mass is 419 g/mol. The topological polar surface area (TPSA) is 65.2 Å². The molecule has 0 aromatic heterocycles. The van der Waals surface area contributed by atoms with Gasteiger partial charge in [0.1, 0.15) is 5.75 Å². The van der Waals surface area contributed by atoms with Crippen molar-refractivity contribution in [2.24, 2.45) is 5.11 Å². The number of halogens is 3. The van der Waals surface area contributed by atoms with E-state index in [-0.39, 0.29) is 12.1 Å². The van der Waals surface area contributed by atoms with Gasteiger partial charge in [-0.25, -0.2) is 4.79 Å². The number of alkyl halides is 3. The Hall–Kier alpha value is -3.43. The minimum absolute atomic E-state index is 0.227. The van der Waals surface area contributed by atoms with E-state index in [4.69, 9.17) is 4.74 Å². The van der Waals surface area contributed by atoms with Crippen molar-refractivity contribution in [1.82, 2.24) is 4.90 Å². The number of anilines is 1. The standard InChI is InChI=1S/C20H18F3N4O3/c1-30-16-7-5-15(6-8-16)25-9-10-26-17(28)18(29)27(24-19(25)26)12-13-3-2-4-14(11-13)20(21,22)23/h2-8,11,19H,9-10,12H2,1H3/q+1. The molecule has 0 radical (unpaired) electrons. The first-order valence-corrected chi connectivity index (χ1v) is 9.18. The van der Waals surface area contributed by atoms with E-state index < -0.39 is 29.8 Å². The molecule has 2 aromatic carbocycles. The SMILES string of the molecule is COc1ccc(N2CCN3C(=O)C(=O)[N+](Cc4cccc(C(F)(F)F)c4)=NC32)cc1. The average molecular weight is 419 g/mol. The Kier molecular flexibility index (Phi) is 4.92. The fourth-order valence-corrected chi connectivity index (χ4v) is 3.52. The molecule has 1 fully saturated rings.